The van der Waals surface area contributed by atoms with Gasteiger partial charge in [-0.15, -0.1) is 0 Å². The summed E-state index contributed by atoms with van der Waals surface area (Å²) in [6.45, 7) is 0. The number of hydrogen-bond acceptors (Lipinski definition) is 10. The molecule has 3 aromatic heterocycles. The molecule has 14 heteroatoms. The average Bonchev–Trinajstić information content (AvgIpc) is 4.13. The molecule has 4 aliphatic rings. The molecule has 15 rings (SSSR count). The molecule has 70 heavy (non-hydrogen) atoms. The summed E-state index contributed by atoms with van der Waals surface area (Å²) >= 11 is 0. The first-order valence-electron chi connectivity index (χ1n) is 22.6. The molecule has 2 N–H and O–H groups in total. The SMILES string of the molecule is OP12(O)n3c4c5cccc(Oc6ccccc6)c5c3N=c3c5cccc(Oc6ccccc6)c5c(n31)=NC1=NC(=c3c5cccc(Oc6ccccc6)c5c(n32)=N4)c2c(Oc3ccccc3)cccc21. The number of aromatic nitrogens is 3. The Morgan fingerprint density at radius 2 is 0.814 bits per heavy atom. The molecule has 0 saturated heterocycles. The Labute approximate surface area is 396 Å². The van der Waals surface area contributed by atoms with Crippen molar-refractivity contribution in [3.8, 4) is 46.0 Å². The third kappa shape index (κ3) is 5.19. The molecule has 2 bridgehead atoms. The zero-order valence-corrected chi connectivity index (χ0v) is 37.5. The number of rotatable bonds is 8. The number of ether oxygens (including phenoxy) is 4. The van der Waals surface area contributed by atoms with Crippen LogP contribution in [0.2, 0.25) is 0 Å². The van der Waals surface area contributed by atoms with E-state index >= 15 is 0 Å². The van der Waals surface area contributed by atoms with Gasteiger partial charge in [0.25, 0.3) is 0 Å². The van der Waals surface area contributed by atoms with Gasteiger partial charge in [0.15, 0.2) is 0 Å². The summed E-state index contributed by atoms with van der Waals surface area (Å²) in [7, 11) is -6.16. The topological polar surface area (TPSA) is 142 Å². The molecule has 0 spiro atoms. The van der Waals surface area contributed by atoms with Crippen molar-refractivity contribution in [3.63, 3.8) is 0 Å². The molecule has 0 amide bonds. The van der Waals surface area contributed by atoms with Gasteiger partial charge in [-0.25, -0.2) is 0 Å². The Morgan fingerprint density at radius 1 is 0.357 bits per heavy atom. The van der Waals surface area contributed by atoms with Gasteiger partial charge in [0, 0.05) is 0 Å². The Bertz CT molecular complexity index is 4400. The van der Waals surface area contributed by atoms with Crippen molar-refractivity contribution in [1.82, 2.24) is 13.0 Å². The third-order valence-corrected chi connectivity index (χ3v) is 16.5. The number of amidine groups is 1. The van der Waals surface area contributed by atoms with Crippen molar-refractivity contribution in [1.29, 1.82) is 0 Å². The van der Waals surface area contributed by atoms with E-state index in [1.54, 1.807) is 4.34 Å². The molecule has 0 saturated carbocycles. The fourth-order valence-corrected chi connectivity index (χ4v) is 13.9. The van der Waals surface area contributed by atoms with E-state index in [0.717, 1.165) is 0 Å². The predicted molar refractivity (Wildman–Crippen MR) is 267 cm³/mol. The summed E-state index contributed by atoms with van der Waals surface area (Å²) in [4.78, 5) is 51.8. The summed E-state index contributed by atoms with van der Waals surface area (Å²) in [6.07, 6.45) is 0. The molecule has 0 unspecified atom stereocenters. The van der Waals surface area contributed by atoms with Crippen LogP contribution in [0, 0.1) is 0 Å². The molecular formula is C56H34N7O6P. The predicted octanol–water partition coefficient (Wildman–Crippen LogP) is 10.9. The van der Waals surface area contributed by atoms with Crippen LogP contribution in [0.4, 0.5) is 11.6 Å². The minimum absolute atomic E-state index is 0.164. The summed E-state index contributed by atoms with van der Waals surface area (Å²) in [5.74, 6) is 4.97. The molecule has 0 fully saturated rings. The van der Waals surface area contributed by atoms with Crippen LogP contribution >= 0.6 is 7.51 Å². The van der Waals surface area contributed by atoms with Gasteiger partial charge in [-0.2, -0.15) is 0 Å². The van der Waals surface area contributed by atoms with E-state index in [9.17, 15) is 9.79 Å². The minimum atomic E-state index is -6.16. The van der Waals surface area contributed by atoms with Crippen molar-refractivity contribution >= 4 is 63.0 Å². The van der Waals surface area contributed by atoms with Gasteiger partial charge in [0.05, 0.1) is 0 Å². The average molecular weight is 932 g/mol. The van der Waals surface area contributed by atoms with Crippen molar-refractivity contribution in [3.05, 3.63) is 227 Å². The molecule has 7 heterocycles. The van der Waals surface area contributed by atoms with Crippen molar-refractivity contribution in [2.75, 3.05) is 0 Å². The number of aliphatic imine (C=N–C) groups is 1. The molecular weight excluding hydrogens is 898 g/mol. The molecule has 11 aromatic rings. The molecule has 0 atom stereocenters. The van der Waals surface area contributed by atoms with Gasteiger partial charge in [-0.1, -0.05) is 0 Å². The Hall–Kier alpha value is -9.13. The summed E-state index contributed by atoms with van der Waals surface area (Å²) in [5.41, 5.74) is 2.30. The fourth-order valence-electron chi connectivity index (χ4n) is 10.4. The molecule has 4 aliphatic heterocycles. The van der Waals surface area contributed by atoms with Crippen LogP contribution in [-0.2, 0) is 0 Å². The van der Waals surface area contributed by atoms with Crippen LogP contribution < -0.4 is 40.8 Å². The molecule has 334 valence electrons. The van der Waals surface area contributed by atoms with Gasteiger partial charge in [0.1, 0.15) is 0 Å². The number of hydrogen-bond donors (Lipinski definition) is 2. The number of fused-ring (bicyclic) bond motifs is 13. The van der Waals surface area contributed by atoms with Crippen LogP contribution in [0.1, 0.15) is 11.1 Å². The van der Waals surface area contributed by atoms with E-state index in [2.05, 4.69) is 0 Å². The monoisotopic (exact) mass is 931 g/mol. The first-order chi connectivity index (χ1) is 34.4. The van der Waals surface area contributed by atoms with Gasteiger partial charge < -0.3 is 0 Å². The Morgan fingerprint density at radius 3 is 1.40 bits per heavy atom. The van der Waals surface area contributed by atoms with E-state index in [0.29, 0.717) is 106 Å². The summed E-state index contributed by atoms with van der Waals surface area (Å²) < 4.78 is 31.5. The Balaban J connectivity index is 1.18. The number of para-hydroxylation sites is 4. The van der Waals surface area contributed by atoms with E-state index in [4.69, 9.17) is 38.9 Å². The fraction of sp³-hybridized carbons (Fsp3) is 0. The quantitative estimate of drug-likeness (QED) is 0.145. The molecule has 8 aromatic carbocycles. The molecule has 0 aliphatic carbocycles. The van der Waals surface area contributed by atoms with Crippen LogP contribution in [0.3, 0.4) is 0 Å². The van der Waals surface area contributed by atoms with Crippen LogP contribution in [0.15, 0.2) is 214 Å². The van der Waals surface area contributed by atoms with E-state index < -0.39 is 7.51 Å². The summed E-state index contributed by atoms with van der Waals surface area (Å²) in [5, 5.41) is 3.65. The number of benzene rings is 8. The molecule has 0 radical (unpaired) electrons. The maximum atomic E-state index is 15.0. The van der Waals surface area contributed by atoms with Gasteiger partial charge in [-0.3, -0.25) is 0 Å². The van der Waals surface area contributed by atoms with Gasteiger partial charge >= 0.3 is 398 Å². The second-order valence-electron chi connectivity index (χ2n) is 17.3. The van der Waals surface area contributed by atoms with Crippen molar-refractivity contribution in [2.45, 2.75) is 0 Å². The zero-order valence-electron chi connectivity index (χ0n) is 36.6. The van der Waals surface area contributed by atoms with Crippen LogP contribution in [-0.4, -0.2) is 28.6 Å². The second-order valence-corrected chi connectivity index (χ2v) is 20.3. The summed E-state index contributed by atoms with van der Waals surface area (Å²) in [6, 6.07) is 60.6. The van der Waals surface area contributed by atoms with Gasteiger partial charge in [0.2, 0.25) is 0 Å². The van der Waals surface area contributed by atoms with E-state index in [1.807, 2.05) is 194 Å². The van der Waals surface area contributed by atoms with Gasteiger partial charge in [-0.05, 0) is 0 Å². The zero-order chi connectivity index (χ0) is 46.3. The number of nitrogens with zero attached hydrogens (tertiary/aromatic N) is 7. The van der Waals surface area contributed by atoms with E-state index in [1.165, 1.54) is 8.68 Å². The first kappa shape index (κ1) is 38.9. The van der Waals surface area contributed by atoms with Crippen molar-refractivity contribution < 1.29 is 28.7 Å². The normalized spacial score (nSPS) is 15.4. The van der Waals surface area contributed by atoms with E-state index in [-0.39, 0.29) is 28.1 Å². The molecule has 13 nitrogen and oxygen atoms in total. The van der Waals surface area contributed by atoms with Crippen LogP contribution in [0.25, 0.3) is 38.0 Å². The first-order valence-corrected chi connectivity index (χ1v) is 24.6. The second kappa shape index (κ2) is 14.0. The third-order valence-electron chi connectivity index (χ3n) is 13.2. The van der Waals surface area contributed by atoms with Crippen LogP contribution in [0.5, 0.6) is 46.0 Å². The standard InChI is InChI=1S/C56H34N7O6P/c64-70(65)61-50-37-25-13-30-42(67-34-19-7-2-8-20-34)46(37)55(61)59-52-40-28-16-32-44(69-36-23-11-4-12-24-36)48(40)56(63(52)70)60-53-39-27-15-31-43(68-35-21-9-3-10-22-35)47(39)54(62(53)70)58-51-38-26-14-29-41(45(38)49(50)57-51)66-33-17-5-1-6-18-33/h1-32,64-65H. The Kier molecular flexibility index (Phi) is 7.77. The maximum absolute atomic E-state index is 15.0. The van der Waals surface area contributed by atoms with Crippen molar-refractivity contribution in [2.24, 2.45) is 20.0 Å².